The Morgan fingerprint density at radius 1 is 1.32 bits per heavy atom. The summed E-state index contributed by atoms with van der Waals surface area (Å²) in [6, 6.07) is 0. The number of aliphatic hydroxyl groups is 3. The molecule has 0 saturated heterocycles. The molecule has 0 aromatic heterocycles. The first-order valence-corrected chi connectivity index (χ1v) is 9.18. The van der Waals surface area contributed by atoms with E-state index < -0.39 is 18.1 Å². The van der Waals surface area contributed by atoms with Crippen LogP contribution in [0.15, 0.2) is 23.8 Å². The molecule has 0 aromatic carbocycles. The molecular formula is C19H31NO5. The fraction of sp³-hybridized carbons (Fsp3) is 0.737. The van der Waals surface area contributed by atoms with Crippen LogP contribution in [0, 0.1) is 23.7 Å². The number of hydrogen-bond donors (Lipinski definition) is 5. The fourth-order valence-electron chi connectivity index (χ4n) is 4.29. The van der Waals surface area contributed by atoms with Crippen molar-refractivity contribution in [2.24, 2.45) is 23.7 Å². The Hall–Kier alpha value is -1.21. The lowest BCUT2D eigenvalue weighted by molar-refractivity contribution is -0.131. The SMILES string of the molecule is C[C@H]1C=C2C=C[C@H](C)[C@H](CC[C@@H](O)C[C@H](O)CC(=O)NO)[C@H]2[C@@H](O)C1. The average molecular weight is 353 g/mol. The zero-order chi connectivity index (χ0) is 18.6. The lowest BCUT2D eigenvalue weighted by Gasteiger charge is -2.41. The monoisotopic (exact) mass is 353 g/mol. The number of fused-ring (bicyclic) bond motifs is 1. The molecule has 0 radical (unpaired) electrons. The van der Waals surface area contributed by atoms with Gasteiger partial charge in [0.15, 0.2) is 0 Å². The summed E-state index contributed by atoms with van der Waals surface area (Å²) in [5.41, 5.74) is 2.67. The summed E-state index contributed by atoms with van der Waals surface area (Å²) in [7, 11) is 0. The van der Waals surface area contributed by atoms with Gasteiger partial charge in [0.1, 0.15) is 0 Å². The van der Waals surface area contributed by atoms with Crippen LogP contribution in [-0.4, -0.2) is 44.7 Å². The number of nitrogens with one attached hydrogen (secondary N) is 1. The fourth-order valence-corrected chi connectivity index (χ4v) is 4.29. The maximum absolute atomic E-state index is 11.0. The largest absolute Gasteiger partial charge is 0.393 e. The molecule has 5 N–H and O–H groups in total. The van der Waals surface area contributed by atoms with Crippen LogP contribution < -0.4 is 5.48 Å². The van der Waals surface area contributed by atoms with E-state index >= 15 is 0 Å². The van der Waals surface area contributed by atoms with Crippen molar-refractivity contribution in [1.29, 1.82) is 0 Å². The molecule has 0 aliphatic heterocycles. The van der Waals surface area contributed by atoms with Gasteiger partial charge in [-0.3, -0.25) is 10.0 Å². The van der Waals surface area contributed by atoms with Crippen LogP contribution in [0.2, 0.25) is 0 Å². The molecule has 0 fully saturated rings. The summed E-state index contributed by atoms with van der Waals surface area (Å²) in [6.07, 6.45) is 6.36. The Morgan fingerprint density at radius 3 is 2.72 bits per heavy atom. The van der Waals surface area contributed by atoms with E-state index in [1.54, 1.807) is 0 Å². The highest BCUT2D eigenvalue weighted by Gasteiger charge is 2.38. The molecule has 6 heteroatoms. The molecule has 6 nitrogen and oxygen atoms in total. The second-order valence-corrected chi connectivity index (χ2v) is 7.71. The van der Waals surface area contributed by atoms with Crippen molar-refractivity contribution in [2.75, 3.05) is 0 Å². The van der Waals surface area contributed by atoms with Gasteiger partial charge in [-0.25, -0.2) is 5.48 Å². The normalized spacial score (nSPS) is 34.0. The molecule has 2 aliphatic rings. The summed E-state index contributed by atoms with van der Waals surface area (Å²) in [4.78, 5) is 11.0. The molecule has 2 rings (SSSR count). The van der Waals surface area contributed by atoms with Gasteiger partial charge in [-0.1, -0.05) is 32.1 Å². The predicted molar refractivity (Wildman–Crippen MR) is 93.6 cm³/mol. The quantitative estimate of drug-likeness (QED) is 0.352. The van der Waals surface area contributed by atoms with E-state index in [4.69, 9.17) is 5.21 Å². The third-order valence-electron chi connectivity index (χ3n) is 5.54. The molecule has 2 aliphatic carbocycles. The highest BCUT2D eigenvalue weighted by molar-refractivity contribution is 5.75. The molecule has 0 spiro atoms. The van der Waals surface area contributed by atoms with Crippen molar-refractivity contribution in [3.63, 3.8) is 0 Å². The predicted octanol–water partition coefficient (Wildman–Crippen LogP) is 1.54. The first-order chi connectivity index (χ1) is 11.8. The van der Waals surface area contributed by atoms with Gasteiger partial charge in [-0.2, -0.15) is 0 Å². The van der Waals surface area contributed by atoms with Crippen LogP contribution in [0.5, 0.6) is 0 Å². The summed E-state index contributed by atoms with van der Waals surface area (Å²) in [5.74, 6) is 0.389. The second kappa shape index (κ2) is 8.94. The van der Waals surface area contributed by atoms with Crippen LogP contribution in [0.1, 0.15) is 46.0 Å². The Labute approximate surface area is 149 Å². The molecule has 0 bridgehead atoms. The molecule has 0 aromatic rings. The standard InChI is InChI=1S/C19H31NO5/c1-11-7-13-4-3-12(2)16(19(13)17(23)8-11)6-5-14(21)9-15(22)10-18(24)20-25/h3-4,7,11-12,14-17,19,21-23,25H,5-6,8-10H2,1-2H3,(H,20,24)/t11-,12-,14+,15-,16-,17-,19-/m0/s1. The van der Waals surface area contributed by atoms with E-state index in [0.717, 1.165) is 12.8 Å². The third-order valence-corrected chi connectivity index (χ3v) is 5.54. The summed E-state index contributed by atoms with van der Waals surface area (Å²) >= 11 is 0. The molecule has 0 unspecified atom stereocenters. The van der Waals surface area contributed by atoms with Gasteiger partial charge < -0.3 is 15.3 Å². The van der Waals surface area contributed by atoms with Gasteiger partial charge in [0.2, 0.25) is 5.91 Å². The number of allylic oxidation sites excluding steroid dienone is 3. The smallest absolute Gasteiger partial charge is 0.245 e. The van der Waals surface area contributed by atoms with Crippen LogP contribution in [0.25, 0.3) is 0 Å². The summed E-state index contributed by atoms with van der Waals surface area (Å²) in [5, 5.41) is 39.0. The molecule has 0 heterocycles. The first kappa shape index (κ1) is 20.1. The number of amides is 1. The van der Waals surface area contributed by atoms with E-state index in [0.29, 0.717) is 18.3 Å². The minimum absolute atomic E-state index is 0.0946. The van der Waals surface area contributed by atoms with Crippen molar-refractivity contribution in [2.45, 2.75) is 64.3 Å². The molecule has 0 saturated carbocycles. The van der Waals surface area contributed by atoms with Crippen LogP contribution >= 0.6 is 0 Å². The van der Waals surface area contributed by atoms with E-state index in [1.807, 2.05) is 0 Å². The van der Waals surface area contributed by atoms with E-state index in [2.05, 4.69) is 32.1 Å². The van der Waals surface area contributed by atoms with Crippen molar-refractivity contribution in [1.82, 2.24) is 5.48 Å². The van der Waals surface area contributed by atoms with Crippen LogP contribution in [0.4, 0.5) is 0 Å². The van der Waals surface area contributed by atoms with E-state index in [-0.39, 0.29) is 30.8 Å². The maximum atomic E-state index is 11.0. The zero-order valence-electron chi connectivity index (χ0n) is 15.0. The van der Waals surface area contributed by atoms with Gasteiger partial charge in [0.05, 0.1) is 24.7 Å². The Balaban J connectivity index is 1.91. The number of carbonyl (C=O) groups is 1. The lowest BCUT2D eigenvalue weighted by Crippen LogP contribution is -2.38. The summed E-state index contributed by atoms with van der Waals surface area (Å²) in [6.45, 7) is 4.25. The van der Waals surface area contributed by atoms with Crippen molar-refractivity contribution < 1.29 is 25.3 Å². The van der Waals surface area contributed by atoms with Gasteiger partial charge in [-0.05, 0) is 49.0 Å². The Bertz CT molecular complexity index is 518. The van der Waals surface area contributed by atoms with Gasteiger partial charge in [0.25, 0.3) is 0 Å². The summed E-state index contributed by atoms with van der Waals surface area (Å²) < 4.78 is 0. The van der Waals surface area contributed by atoms with E-state index in [1.165, 1.54) is 11.1 Å². The minimum atomic E-state index is -0.984. The van der Waals surface area contributed by atoms with Crippen LogP contribution in [-0.2, 0) is 4.79 Å². The number of rotatable bonds is 7. The highest BCUT2D eigenvalue weighted by atomic mass is 16.5. The van der Waals surface area contributed by atoms with Crippen molar-refractivity contribution >= 4 is 5.91 Å². The second-order valence-electron chi connectivity index (χ2n) is 7.71. The van der Waals surface area contributed by atoms with Crippen LogP contribution in [0.3, 0.4) is 0 Å². The van der Waals surface area contributed by atoms with Gasteiger partial charge >= 0.3 is 0 Å². The molecule has 142 valence electrons. The number of aliphatic hydroxyl groups excluding tert-OH is 3. The number of hydrogen-bond acceptors (Lipinski definition) is 5. The topological polar surface area (TPSA) is 110 Å². The van der Waals surface area contributed by atoms with E-state index in [9.17, 15) is 20.1 Å². The van der Waals surface area contributed by atoms with Crippen molar-refractivity contribution in [3.05, 3.63) is 23.8 Å². The Kier molecular flexibility index (Phi) is 7.19. The zero-order valence-corrected chi connectivity index (χ0v) is 15.0. The van der Waals surface area contributed by atoms with Gasteiger partial charge in [0, 0.05) is 5.92 Å². The minimum Gasteiger partial charge on any atom is -0.393 e. The third kappa shape index (κ3) is 5.38. The highest BCUT2D eigenvalue weighted by Crippen LogP contribution is 2.43. The first-order valence-electron chi connectivity index (χ1n) is 9.18. The molecule has 25 heavy (non-hydrogen) atoms. The molecule has 7 atom stereocenters. The molecular weight excluding hydrogens is 322 g/mol. The Morgan fingerprint density at radius 2 is 2.04 bits per heavy atom. The molecule has 1 amide bonds. The van der Waals surface area contributed by atoms with Crippen molar-refractivity contribution in [3.8, 4) is 0 Å². The number of hydroxylamine groups is 1. The van der Waals surface area contributed by atoms with Gasteiger partial charge in [-0.15, -0.1) is 0 Å². The lowest BCUT2D eigenvalue weighted by atomic mass is 9.65. The number of carbonyl (C=O) groups excluding carboxylic acids is 1. The maximum Gasteiger partial charge on any atom is 0.245 e. The average Bonchev–Trinajstić information content (AvgIpc) is 2.53.